The molecule has 19 heavy (non-hydrogen) atoms. The van der Waals surface area contributed by atoms with Gasteiger partial charge in [-0.15, -0.1) is 0 Å². The second kappa shape index (κ2) is 9.98. The maximum atomic E-state index is 5.77. The Morgan fingerprint density at radius 3 is 2.68 bits per heavy atom. The number of ether oxygens (including phenoxy) is 2. The molecule has 0 spiro atoms. The Morgan fingerprint density at radius 1 is 1.16 bits per heavy atom. The van der Waals surface area contributed by atoms with Crippen molar-refractivity contribution in [1.29, 1.82) is 0 Å². The lowest BCUT2D eigenvalue weighted by Crippen LogP contribution is -2.18. The van der Waals surface area contributed by atoms with Crippen molar-refractivity contribution in [3.8, 4) is 11.5 Å². The molecule has 0 bridgehead atoms. The first kappa shape index (κ1) is 16.2. The summed E-state index contributed by atoms with van der Waals surface area (Å²) in [5.74, 6) is 2.55. The Bertz CT molecular complexity index is 358. The molecule has 0 radical (unpaired) electrons. The van der Waals surface area contributed by atoms with Crippen LogP contribution in [0.15, 0.2) is 18.2 Å². The van der Waals surface area contributed by atoms with E-state index < -0.39 is 0 Å². The molecule has 0 atom stereocenters. The smallest absolute Gasteiger partial charge is 0.161 e. The van der Waals surface area contributed by atoms with Crippen LogP contribution in [0.5, 0.6) is 11.5 Å². The van der Waals surface area contributed by atoms with Crippen LogP contribution in [0, 0.1) is 0 Å². The van der Waals surface area contributed by atoms with E-state index in [0.717, 1.165) is 56.2 Å². The lowest BCUT2D eigenvalue weighted by atomic mass is 10.1. The molecule has 0 aliphatic rings. The lowest BCUT2D eigenvalue weighted by molar-refractivity contribution is 0.285. The van der Waals surface area contributed by atoms with Gasteiger partial charge in [0.25, 0.3) is 0 Å². The molecule has 108 valence electrons. The highest BCUT2D eigenvalue weighted by molar-refractivity contribution is 7.80. The monoisotopic (exact) mass is 283 g/mol. The van der Waals surface area contributed by atoms with Gasteiger partial charge in [0.2, 0.25) is 0 Å². The second-order valence-corrected chi connectivity index (χ2v) is 4.82. The van der Waals surface area contributed by atoms with E-state index in [1.54, 1.807) is 7.11 Å². The lowest BCUT2D eigenvalue weighted by Gasteiger charge is -2.11. The van der Waals surface area contributed by atoms with Gasteiger partial charge in [-0.2, -0.15) is 12.6 Å². The average Bonchev–Trinajstić information content (AvgIpc) is 2.46. The minimum Gasteiger partial charge on any atom is -0.493 e. The fourth-order valence-corrected chi connectivity index (χ4v) is 1.95. The Morgan fingerprint density at radius 2 is 2.00 bits per heavy atom. The summed E-state index contributed by atoms with van der Waals surface area (Å²) in [7, 11) is 1.68. The van der Waals surface area contributed by atoms with E-state index in [4.69, 9.17) is 9.47 Å². The highest BCUT2D eigenvalue weighted by Gasteiger charge is 2.04. The maximum absolute atomic E-state index is 5.77. The predicted molar refractivity (Wildman–Crippen MR) is 83.8 cm³/mol. The largest absolute Gasteiger partial charge is 0.493 e. The van der Waals surface area contributed by atoms with Crippen LogP contribution in [0.2, 0.25) is 0 Å². The zero-order chi connectivity index (χ0) is 13.9. The van der Waals surface area contributed by atoms with Crippen molar-refractivity contribution >= 4 is 12.6 Å². The van der Waals surface area contributed by atoms with Crippen LogP contribution in [0.1, 0.15) is 25.3 Å². The number of aryl methyl sites for hydroxylation is 1. The number of thiol groups is 1. The average molecular weight is 283 g/mol. The van der Waals surface area contributed by atoms with E-state index in [1.807, 2.05) is 12.1 Å². The molecule has 1 aromatic carbocycles. The van der Waals surface area contributed by atoms with Crippen LogP contribution < -0.4 is 14.8 Å². The van der Waals surface area contributed by atoms with Crippen molar-refractivity contribution in [3.05, 3.63) is 23.8 Å². The molecule has 0 aliphatic heterocycles. The van der Waals surface area contributed by atoms with Gasteiger partial charge in [0.05, 0.1) is 13.7 Å². The van der Waals surface area contributed by atoms with Gasteiger partial charge in [0.15, 0.2) is 11.5 Å². The number of hydrogen-bond acceptors (Lipinski definition) is 4. The van der Waals surface area contributed by atoms with Gasteiger partial charge in [0.1, 0.15) is 0 Å². The molecule has 1 rings (SSSR count). The third-order valence-corrected chi connectivity index (χ3v) is 3.15. The van der Waals surface area contributed by atoms with Gasteiger partial charge in [-0.25, -0.2) is 0 Å². The van der Waals surface area contributed by atoms with Gasteiger partial charge >= 0.3 is 0 Å². The van der Waals surface area contributed by atoms with Gasteiger partial charge in [0, 0.05) is 12.3 Å². The number of rotatable bonds is 10. The fourth-order valence-electron chi connectivity index (χ4n) is 1.79. The highest BCUT2D eigenvalue weighted by atomic mass is 32.1. The Kier molecular flexibility index (Phi) is 8.50. The van der Waals surface area contributed by atoms with Crippen LogP contribution in [0.25, 0.3) is 0 Å². The third kappa shape index (κ3) is 6.21. The van der Waals surface area contributed by atoms with Crippen molar-refractivity contribution in [2.24, 2.45) is 0 Å². The molecule has 1 N–H and O–H groups in total. The minimum atomic E-state index is 0.727. The van der Waals surface area contributed by atoms with Gasteiger partial charge in [-0.3, -0.25) is 0 Å². The first-order chi connectivity index (χ1) is 9.31. The number of methoxy groups -OCH3 is 1. The molecule has 0 aromatic heterocycles. The Balaban J connectivity index is 2.28. The predicted octanol–water partition coefficient (Wildman–Crippen LogP) is 2.94. The topological polar surface area (TPSA) is 30.5 Å². The van der Waals surface area contributed by atoms with E-state index in [-0.39, 0.29) is 0 Å². The Hall–Kier alpha value is -0.870. The van der Waals surface area contributed by atoms with Crippen LogP contribution in [-0.4, -0.2) is 32.6 Å². The maximum Gasteiger partial charge on any atom is 0.161 e. The van der Waals surface area contributed by atoms with Crippen LogP contribution in [-0.2, 0) is 6.42 Å². The number of hydrogen-bond donors (Lipinski definition) is 2. The summed E-state index contributed by atoms with van der Waals surface area (Å²) >= 11 is 4.15. The van der Waals surface area contributed by atoms with Crippen LogP contribution in [0.4, 0.5) is 0 Å². The molecular formula is C15H25NO2S. The van der Waals surface area contributed by atoms with E-state index in [0.29, 0.717) is 0 Å². The van der Waals surface area contributed by atoms with Crippen LogP contribution in [0.3, 0.4) is 0 Å². The molecule has 0 heterocycles. The normalized spacial score (nSPS) is 10.5. The summed E-state index contributed by atoms with van der Waals surface area (Å²) in [5, 5.41) is 3.31. The van der Waals surface area contributed by atoms with E-state index in [2.05, 4.69) is 30.9 Å². The van der Waals surface area contributed by atoms with E-state index in [1.165, 1.54) is 5.56 Å². The van der Waals surface area contributed by atoms with Gasteiger partial charge in [-0.1, -0.05) is 13.0 Å². The molecule has 3 nitrogen and oxygen atoms in total. The molecular weight excluding hydrogens is 258 g/mol. The standard InChI is InChI=1S/C15H25NO2S/c1-3-13-6-7-14(15(12-13)17-2)18-10-5-4-8-16-9-11-19/h6-7,12,16,19H,3-5,8-11H2,1-2H3. The zero-order valence-electron chi connectivity index (χ0n) is 11.9. The van der Waals surface area contributed by atoms with Crippen molar-refractivity contribution in [2.45, 2.75) is 26.2 Å². The molecule has 0 unspecified atom stereocenters. The van der Waals surface area contributed by atoms with Gasteiger partial charge < -0.3 is 14.8 Å². The number of unbranched alkanes of at least 4 members (excludes halogenated alkanes) is 1. The Labute approximate surface area is 122 Å². The zero-order valence-corrected chi connectivity index (χ0v) is 12.8. The van der Waals surface area contributed by atoms with Crippen LogP contribution >= 0.6 is 12.6 Å². The minimum absolute atomic E-state index is 0.727. The van der Waals surface area contributed by atoms with Gasteiger partial charge in [-0.05, 0) is 43.5 Å². The van der Waals surface area contributed by atoms with E-state index >= 15 is 0 Å². The summed E-state index contributed by atoms with van der Waals surface area (Å²) in [5.41, 5.74) is 1.26. The second-order valence-electron chi connectivity index (χ2n) is 4.37. The van der Waals surface area contributed by atoms with Crippen molar-refractivity contribution in [3.63, 3.8) is 0 Å². The van der Waals surface area contributed by atoms with Crippen molar-refractivity contribution in [1.82, 2.24) is 5.32 Å². The quantitative estimate of drug-likeness (QED) is 0.511. The molecule has 4 heteroatoms. The summed E-state index contributed by atoms with van der Waals surface area (Å²) in [6.45, 7) is 4.85. The van der Waals surface area contributed by atoms with E-state index in [9.17, 15) is 0 Å². The molecule has 1 aromatic rings. The summed E-state index contributed by atoms with van der Waals surface area (Å²) in [6, 6.07) is 6.13. The SMILES string of the molecule is CCc1ccc(OCCCCNCCS)c(OC)c1. The molecule has 0 aliphatic carbocycles. The first-order valence-electron chi connectivity index (χ1n) is 6.93. The summed E-state index contributed by atoms with van der Waals surface area (Å²) in [4.78, 5) is 0. The third-order valence-electron chi connectivity index (χ3n) is 2.93. The van der Waals surface area contributed by atoms with Crippen molar-refractivity contribution in [2.75, 3.05) is 32.6 Å². The molecule has 0 saturated carbocycles. The molecule has 0 saturated heterocycles. The number of nitrogens with one attached hydrogen (secondary N) is 1. The summed E-state index contributed by atoms with van der Waals surface area (Å²) < 4.78 is 11.1. The molecule has 0 fully saturated rings. The highest BCUT2D eigenvalue weighted by Crippen LogP contribution is 2.28. The first-order valence-corrected chi connectivity index (χ1v) is 7.56. The fraction of sp³-hybridized carbons (Fsp3) is 0.600. The summed E-state index contributed by atoms with van der Waals surface area (Å²) in [6.07, 6.45) is 3.16. The molecule has 0 amide bonds. The van der Waals surface area contributed by atoms with Crippen molar-refractivity contribution < 1.29 is 9.47 Å². The number of benzene rings is 1.